The van der Waals surface area contributed by atoms with E-state index in [1.165, 1.54) is 16.1 Å². The number of hydrogen-bond acceptors (Lipinski definition) is 6. The van der Waals surface area contributed by atoms with Crippen molar-refractivity contribution in [3.63, 3.8) is 0 Å². The minimum atomic E-state index is -1.45. The second-order valence-electron chi connectivity index (χ2n) is 11.0. The largest absolute Gasteiger partial charge is 0.272 e. The molecule has 3 aliphatic rings. The fourth-order valence-electron chi connectivity index (χ4n) is 6.67. The number of carbonyl (C=O) groups is 2. The van der Waals surface area contributed by atoms with Crippen LogP contribution in [0.1, 0.15) is 47.6 Å². The van der Waals surface area contributed by atoms with Gasteiger partial charge in [-0.2, -0.15) is 20.2 Å². The van der Waals surface area contributed by atoms with Crippen molar-refractivity contribution in [3.05, 3.63) is 98.6 Å². The summed E-state index contributed by atoms with van der Waals surface area (Å²) < 4.78 is 0. The molecule has 0 unspecified atom stereocenters. The van der Waals surface area contributed by atoms with E-state index in [0.717, 1.165) is 22.3 Å². The normalized spacial score (nSPS) is 25.2. The van der Waals surface area contributed by atoms with E-state index in [1.807, 2.05) is 64.1 Å². The number of rotatable bonds is 4. The molecule has 0 N–H and O–H groups in total. The average Bonchev–Trinajstić information content (AvgIpc) is 3.40. The van der Waals surface area contributed by atoms with E-state index in [9.17, 15) is 19.7 Å². The molecule has 9 nitrogen and oxygen atoms in total. The Labute approximate surface area is 231 Å². The molecule has 2 spiro atoms. The summed E-state index contributed by atoms with van der Waals surface area (Å²) in [4.78, 5) is 40.8. The maximum absolute atomic E-state index is 14.6. The number of hydrogen-bond donors (Lipinski definition) is 0. The van der Waals surface area contributed by atoms with Gasteiger partial charge in [0.1, 0.15) is 10.8 Å². The molecule has 202 valence electrons. The van der Waals surface area contributed by atoms with Crippen LogP contribution in [0.5, 0.6) is 0 Å². The van der Waals surface area contributed by atoms with Crippen molar-refractivity contribution in [1.29, 1.82) is 0 Å². The molecule has 40 heavy (non-hydrogen) atoms. The zero-order valence-electron chi connectivity index (χ0n) is 23.2. The third kappa shape index (κ3) is 3.03. The van der Waals surface area contributed by atoms with Crippen LogP contribution in [0.2, 0.25) is 0 Å². The van der Waals surface area contributed by atoms with Gasteiger partial charge in [-0.25, -0.2) is 0 Å². The topological polar surface area (TPSA) is 108 Å². The standard InChI is InChI=1S/C31H29N5O4/c1-17-11-13-23(15-19(17)3)34-28(37)30(21(5)32-34)27(25-9-7-8-10-26(25)36(39)40)31(30)22(6)33-35(29(31)38)24-14-12-18(2)20(4)16-24/h7-16,27H,1-6H3/t30-,31-/m0/s1. The second-order valence-corrected chi connectivity index (χ2v) is 11.0. The van der Waals surface area contributed by atoms with E-state index >= 15 is 0 Å². The van der Waals surface area contributed by atoms with Crippen LogP contribution in [0.25, 0.3) is 0 Å². The molecule has 1 saturated carbocycles. The number of nitro groups is 1. The molecule has 3 aromatic carbocycles. The van der Waals surface area contributed by atoms with Crippen molar-refractivity contribution in [2.45, 2.75) is 47.5 Å². The van der Waals surface area contributed by atoms with Gasteiger partial charge in [0.25, 0.3) is 17.5 Å². The molecule has 0 bridgehead atoms. The number of para-hydroxylation sites is 1. The first kappa shape index (κ1) is 25.6. The molecular formula is C31H29N5O4. The van der Waals surface area contributed by atoms with E-state index < -0.39 is 21.7 Å². The van der Waals surface area contributed by atoms with Crippen LogP contribution in [-0.2, 0) is 9.59 Å². The Bertz CT molecular complexity index is 1630. The third-order valence-corrected chi connectivity index (χ3v) is 9.02. The lowest BCUT2D eigenvalue weighted by Gasteiger charge is -2.19. The minimum Gasteiger partial charge on any atom is -0.271 e. The molecule has 0 saturated heterocycles. The zero-order valence-corrected chi connectivity index (χ0v) is 23.2. The summed E-state index contributed by atoms with van der Waals surface area (Å²) in [5.74, 6) is -1.62. The van der Waals surface area contributed by atoms with Gasteiger partial charge in [-0.1, -0.05) is 30.3 Å². The summed E-state index contributed by atoms with van der Waals surface area (Å²) in [5, 5.41) is 24.2. The summed E-state index contributed by atoms with van der Waals surface area (Å²) in [6.45, 7) is 11.3. The fourth-order valence-corrected chi connectivity index (χ4v) is 6.67. The number of nitro benzene ring substituents is 1. The Balaban J connectivity index is 1.56. The van der Waals surface area contributed by atoms with E-state index in [0.29, 0.717) is 28.4 Å². The van der Waals surface area contributed by atoms with Crippen molar-refractivity contribution in [2.24, 2.45) is 21.0 Å². The molecule has 0 radical (unpaired) electrons. The van der Waals surface area contributed by atoms with Crippen LogP contribution in [-0.4, -0.2) is 28.2 Å². The molecule has 0 aromatic heterocycles. The lowest BCUT2D eigenvalue weighted by atomic mass is 9.85. The van der Waals surface area contributed by atoms with Gasteiger partial charge >= 0.3 is 0 Å². The number of nitrogens with zero attached hydrogens (tertiary/aromatic N) is 5. The van der Waals surface area contributed by atoms with Gasteiger partial charge in [0, 0.05) is 17.5 Å². The molecule has 6 rings (SSSR count). The Hall–Kier alpha value is -4.66. The minimum absolute atomic E-state index is 0.140. The van der Waals surface area contributed by atoms with Crippen molar-refractivity contribution < 1.29 is 14.5 Å². The van der Waals surface area contributed by atoms with Gasteiger partial charge in [-0.05, 0) is 88.1 Å². The predicted octanol–water partition coefficient (Wildman–Crippen LogP) is 5.74. The highest BCUT2D eigenvalue weighted by molar-refractivity contribution is 6.37. The summed E-state index contributed by atoms with van der Waals surface area (Å²) >= 11 is 0. The van der Waals surface area contributed by atoms with Crippen molar-refractivity contribution >= 4 is 40.3 Å². The van der Waals surface area contributed by atoms with Gasteiger partial charge in [0.05, 0.1) is 27.7 Å². The van der Waals surface area contributed by atoms with Crippen LogP contribution in [0.3, 0.4) is 0 Å². The summed E-state index contributed by atoms with van der Waals surface area (Å²) in [5.41, 5.74) is 3.46. The summed E-state index contributed by atoms with van der Waals surface area (Å²) in [7, 11) is 0. The van der Waals surface area contributed by atoms with Gasteiger partial charge in [0.15, 0.2) is 0 Å². The smallest absolute Gasteiger partial charge is 0.271 e. The van der Waals surface area contributed by atoms with E-state index in [2.05, 4.69) is 0 Å². The van der Waals surface area contributed by atoms with Crippen LogP contribution in [0.4, 0.5) is 17.1 Å². The van der Waals surface area contributed by atoms with Crippen LogP contribution in [0, 0.1) is 48.6 Å². The molecule has 2 heterocycles. The van der Waals surface area contributed by atoms with E-state index in [-0.39, 0.29) is 17.5 Å². The Morgan fingerprint density at radius 2 is 1.15 bits per heavy atom. The first-order valence-corrected chi connectivity index (χ1v) is 13.2. The molecule has 1 fully saturated rings. The van der Waals surface area contributed by atoms with Crippen LogP contribution < -0.4 is 10.0 Å². The molecule has 1 aliphatic carbocycles. The van der Waals surface area contributed by atoms with E-state index in [4.69, 9.17) is 10.2 Å². The Kier molecular flexibility index (Phi) is 5.39. The molecule has 2 aliphatic heterocycles. The van der Waals surface area contributed by atoms with Gasteiger partial charge in [-0.3, -0.25) is 19.7 Å². The number of carbonyl (C=O) groups excluding carboxylic acids is 2. The lowest BCUT2D eigenvalue weighted by molar-refractivity contribution is -0.385. The van der Waals surface area contributed by atoms with Gasteiger partial charge in [0.2, 0.25) is 0 Å². The molecule has 2 amide bonds. The lowest BCUT2D eigenvalue weighted by Crippen LogP contribution is -2.40. The molecule has 2 atom stereocenters. The van der Waals surface area contributed by atoms with Crippen molar-refractivity contribution in [1.82, 2.24) is 0 Å². The number of anilines is 2. The number of fused-ring (bicyclic) bond motifs is 1. The zero-order chi connectivity index (χ0) is 28.7. The highest BCUT2D eigenvalue weighted by Crippen LogP contribution is 2.80. The highest BCUT2D eigenvalue weighted by atomic mass is 16.6. The number of aryl methyl sites for hydroxylation is 4. The number of amides is 2. The highest BCUT2D eigenvalue weighted by Gasteiger charge is 2.91. The third-order valence-electron chi connectivity index (χ3n) is 9.02. The number of benzene rings is 3. The average molecular weight is 536 g/mol. The molecule has 3 aromatic rings. The Morgan fingerprint density at radius 3 is 1.57 bits per heavy atom. The Morgan fingerprint density at radius 1 is 0.700 bits per heavy atom. The van der Waals surface area contributed by atoms with Gasteiger partial charge < -0.3 is 0 Å². The second kappa shape index (κ2) is 8.42. The van der Waals surface area contributed by atoms with Crippen LogP contribution >= 0.6 is 0 Å². The van der Waals surface area contributed by atoms with Gasteiger partial charge in [-0.15, -0.1) is 0 Å². The van der Waals surface area contributed by atoms with Crippen molar-refractivity contribution in [2.75, 3.05) is 10.0 Å². The monoisotopic (exact) mass is 535 g/mol. The van der Waals surface area contributed by atoms with E-state index in [1.54, 1.807) is 32.0 Å². The summed E-state index contributed by atoms with van der Waals surface area (Å²) in [6, 6.07) is 17.6. The van der Waals surface area contributed by atoms with Crippen molar-refractivity contribution in [3.8, 4) is 0 Å². The van der Waals surface area contributed by atoms with Crippen LogP contribution in [0.15, 0.2) is 70.9 Å². The predicted molar refractivity (Wildman–Crippen MR) is 154 cm³/mol. The SMILES string of the molecule is CC1=NN(c2ccc(C)c(C)c2)C(=O)[C@@]12C(c1ccccc1[N+](=O)[O-])[C@@]21C(=O)N(c2ccc(C)c(C)c2)N=C1C. The fraction of sp³-hybridized carbons (Fsp3) is 0.290. The molecular weight excluding hydrogens is 506 g/mol. The molecule has 9 heteroatoms. The number of hydrazone groups is 2. The maximum Gasteiger partial charge on any atom is 0.272 e. The first-order chi connectivity index (χ1) is 19.0. The maximum atomic E-state index is 14.6. The first-order valence-electron chi connectivity index (χ1n) is 13.2. The summed E-state index contributed by atoms with van der Waals surface area (Å²) in [6.07, 6.45) is 0. The quantitative estimate of drug-likeness (QED) is 0.313.